The van der Waals surface area contributed by atoms with E-state index in [-0.39, 0.29) is 17.6 Å². The topological polar surface area (TPSA) is 61.4 Å². The molecule has 0 saturated heterocycles. The standard InChI is InChI=1S/C13H18F2N2O2/c1-13(2,3)11(18)7-16-12(19)17-10-5-4-8(14)6-9(10)15/h4-6,11,18H,7H2,1-3H3,(H2,16,17,19). The van der Waals surface area contributed by atoms with Crippen molar-refractivity contribution in [3.05, 3.63) is 29.8 Å². The Labute approximate surface area is 110 Å². The molecule has 0 spiro atoms. The molecular formula is C13H18F2N2O2. The number of carbonyl (C=O) groups excluding carboxylic acids is 1. The first-order valence-electron chi connectivity index (χ1n) is 5.88. The van der Waals surface area contributed by atoms with E-state index in [1.165, 1.54) is 0 Å². The molecule has 0 saturated carbocycles. The van der Waals surface area contributed by atoms with E-state index in [2.05, 4.69) is 10.6 Å². The molecule has 0 aliphatic heterocycles. The number of hydrogen-bond acceptors (Lipinski definition) is 2. The van der Waals surface area contributed by atoms with Crippen molar-refractivity contribution in [2.24, 2.45) is 5.41 Å². The Hall–Kier alpha value is -1.69. The summed E-state index contributed by atoms with van der Waals surface area (Å²) in [5.41, 5.74) is -0.488. The van der Waals surface area contributed by atoms with Crippen LogP contribution in [0.15, 0.2) is 18.2 Å². The first-order valence-corrected chi connectivity index (χ1v) is 5.88. The van der Waals surface area contributed by atoms with Crippen molar-refractivity contribution in [3.63, 3.8) is 0 Å². The number of halogens is 2. The van der Waals surface area contributed by atoms with Crippen LogP contribution in [0, 0.1) is 17.0 Å². The van der Waals surface area contributed by atoms with Gasteiger partial charge in [0.15, 0.2) is 0 Å². The van der Waals surface area contributed by atoms with Gasteiger partial charge < -0.3 is 15.7 Å². The molecule has 1 aromatic rings. The molecule has 1 aromatic carbocycles. The Morgan fingerprint density at radius 1 is 1.37 bits per heavy atom. The number of hydrogen-bond donors (Lipinski definition) is 3. The highest BCUT2D eigenvalue weighted by atomic mass is 19.1. The highest BCUT2D eigenvalue weighted by Gasteiger charge is 2.22. The van der Waals surface area contributed by atoms with Crippen LogP contribution in [0.5, 0.6) is 0 Å². The van der Waals surface area contributed by atoms with Crippen LogP contribution in [0.1, 0.15) is 20.8 Å². The molecule has 6 heteroatoms. The maximum Gasteiger partial charge on any atom is 0.319 e. The van der Waals surface area contributed by atoms with Gasteiger partial charge in [-0.2, -0.15) is 0 Å². The van der Waals surface area contributed by atoms with Crippen molar-refractivity contribution in [3.8, 4) is 0 Å². The summed E-state index contributed by atoms with van der Waals surface area (Å²) in [7, 11) is 0. The molecule has 3 N–H and O–H groups in total. The molecule has 0 heterocycles. The molecule has 0 aliphatic carbocycles. The van der Waals surface area contributed by atoms with Gasteiger partial charge in [-0.15, -0.1) is 0 Å². The van der Waals surface area contributed by atoms with Crippen LogP contribution in [0.3, 0.4) is 0 Å². The predicted molar refractivity (Wildman–Crippen MR) is 68.8 cm³/mol. The first kappa shape index (κ1) is 15.4. The minimum Gasteiger partial charge on any atom is -0.391 e. The fourth-order valence-electron chi connectivity index (χ4n) is 1.25. The summed E-state index contributed by atoms with van der Waals surface area (Å²) in [6, 6.07) is 2.20. The van der Waals surface area contributed by atoms with Gasteiger partial charge in [-0.1, -0.05) is 20.8 Å². The zero-order valence-corrected chi connectivity index (χ0v) is 11.1. The molecule has 0 radical (unpaired) electrons. The third-order valence-electron chi connectivity index (χ3n) is 2.63. The zero-order valence-electron chi connectivity index (χ0n) is 11.1. The normalized spacial score (nSPS) is 12.9. The lowest BCUT2D eigenvalue weighted by atomic mass is 9.89. The molecule has 1 atom stereocenters. The molecule has 19 heavy (non-hydrogen) atoms. The number of aliphatic hydroxyl groups is 1. The Bertz CT molecular complexity index is 458. The molecule has 106 valence electrons. The van der Waals surface area contributed by atoms with Crippen LogP contribution in [0.2, 0.25) is 0 Å². The highest BCUT2D eigenvalue weighted by Crippen LogP contribution is 2.18. The number of nitrogens with one attached hydrogen (secondary N) is 2. The van der Waals surface area contributed by atoms with Crippen molar-refractivity contribution >= 4 is 11.7 Å². The van der Waals surface area contributed by atoms with E-state index in [4.69, 9.17) is 0 Å². The average Bonchev–Trinajstić information content (AvgIpc) is 2.28. The van der Waals surface area contributed by atoms with Gasteiger partial charge in [0.1, 0.15) is 11.6 Å². The summed E-state index contributed by atoms with van der Waals surface area (Å²) < 4.78 is 25.9. The molecule has 0 aromatic heterocycles. The van der Waals surface area contributed by atoms with Crippen LogP contribution >= 0.6 is 0 Å². The highest BCUT2D eigenvalue weighted by molar-refractivity contribution is 5.89. The van der Waals surface area contributed by atoms with Gasteiger partial charge in [0.05, 0.1) is 11.8 Å². The van der Waals surface area contributed by atoms with Crippen molar-refractivity contribution in [1.82, 2.24) is 5.32 Å². The van der Waals surface area contributed by atoms with Crippen LogP contribution in [-0.4, -0.2) is 23.8 Å². The quantitative estimate of drug-likeness (QED) is 0.791. The number of carbonyl (C=O) groups is 1. The number of benzene rings is 1. The van der Waals surface area contributed by atoms with Gasteiger partial charge in [-0.3, -0.25) is 0 Å². The second-order valence-electron chi connectivity index (χ2n) is 5.34. The molecule has 1 rings (SSSR count). The first-order chi connectivity index (χ1) is 8.70. The lowest BCUT2D eigenvalue weighted by Crippen LogP contribution is -2.41. The fraction of sp³-hybridized carbons (Fsp3) is 0.462. The van der Waals surface area contributed by atoms with E-state index in [1.807, 2.05) is 20.8 Å². The van der Waals surface area contributed by atoms with Gasteiger partial charge in [0, 0.05) is 12.6 Å². The molecule has 0 aliphatic rings. The van der Waals surface area contributed by atoms with Crippen molar-refractivity contribution in [2.75, 3.05) is 11.9 Å². The average molecular weight is 272 g/mol. The summed E-state index contributed by atoms with van der Waals surface area (Å²) in [5, 5.41) is 14.4. The number of urea groups is 1. The molecular weight excluding hydrogens is 254 g/mol. The Morgan fingerprint density at radius 2 is 2.00 bits per heavy atom. The minimum absolute atomic E-state index is 0.0398. The third-order valence-corrected chi connectivity index (χ3v) is 2.63. The maximum atomic E-state index is 13.3. The van der Waals surface area contributed by atoms with E-state index in [1.54, 1.807) is 0 Å². The number of rotatable bonds is 3. The lowest BCUT2D eigenvalue weighted by Gasteiger charge is -2.25. The van der Waals surface area contributed by atoms with Gasteiger partial charge in [0.2, 0.25) is 0 Å². The predicted octanol–water partition coefficient (Wildman–Crippen LogP) is 2.49. The number of aliphatic hydroxyl groups excluding tert-OH is 1. The minimum atomic E-state index is -0.855. The SMILES string of the molecule is CC(C)(C)C(O)CNC(=O)Nc1ccc(F)cc1F. The number of anilines is 1. The second-order valence-corrected chi connectivity index (χ2v) is 5.34. The summed E-state index contributed by atoms with van der Waals surface area (Å²) in [6.07, 6.45) is -0.726. The van der Waals surface area contributed by atoms with Crippen LogP contribution in [0.25, 0.3) is 0 Å². The van der Waals surface area contributed by atoms with Gasteiger partial charge >= 0.3 is 6.03 Å². The van der Waals surface area contributed by atoms with E-state index in [0.717, 1.165) is 12.1 Å². The Morgan fingerprint density at radius 3 is 2.53 bits per heavy atom. The monoisotopic (exact) mass is 272 g/mol. The fourth-order valence-corrected chi connectivity index (χ4v) is 1.25. The van der Waals surface area contributed by atoms with Crippen molar-refractivity contribution in [1.29, 1.82) is 0 Å². The molecule has 2 amide bonds. The Kier molecular flexibility index (Phi) is 4.83. The van der Waals surface area contributed by atoms with Gasteiger partial charge in [-0.25, -0.2) is 13.6 Å². The van der Waals surface area contributed by atoms with Crippen LogP contribution in [0.4, 0.5) is 19.3 Å². The molecule has 4 nitrogen and oxygen atoms in total. The Balaban J connectivity index is 2.52. The van der Waals surface area contributed by atoms with Crippen molar-refractivity contribution < 1.29 is 18.7 Å². The van der Waals surface area contributed by atoms with Crippen molar-refractivity contribution in [2.45, 2.75) is 26.9 Å². The summed E-state index contributed by atoms with van der Waals surface area (Å²) in [5.74, 6) is -1.57. The third kappa shape index (κ3) is 4.82. The summed E-state index contributed by atoms with van der Waals surface area (Å²) in [4.78, 5) is 11.5. The lowest BCUT2D eigenvalue weighted by molar-refractivity contribution is 0.0654. The van der Waals surface area contributed by atoms with E-state index in [9.17, 15) is 18.7 Å². The molecule has 1 unspecified atom stereocenters. The number of amides is 2. The van der Waals surface area contributed by atoms with E-state index >= 15 is 0 Å². The second kappa shape index (κ2) is 5.97. The van der Waals surface area contributed by atoms with E-state index < -0.39 is 23.8 Å². The summed E-state index contributed by atoms with van der Waals surface area (Å²) in [6.45, 7) is 5.53. The largest absolute Gasteiger partial charge is 0.391 e. The van der Waals surface area contributed by atoms with E-state index in [0.29, 0.717) is 6.07 Å². The van der Waals surface area contributed by atoms with Gasteiger partial charge in [-0.05, 0) is 17.5 Å². The zero-order chi connectivity index (χ0) is 14.6. The summed E-state index contributed by atoms with van der Waals surface area (Å²) >= 11 is 0. The van der Waals surface area contributed by atoms with Crippen LogP contribution < -0.4 is 10.6 Å². The van der Waals surface area contributed by atoms with Crippen LogP contribution in [-0.2, 0) is 0 Å². The smallest absolute Gasteiger partial charge is 0.319 e. The molecule has 0 fully saturated rings. The molecule has 0 bridgehead atoms. The maximum absolute atomic E-state index is 13.3. The van der Waals surface area contributed by atoms with Gasteiger partial charge in [0.25, 0.3) is 0 Å².